The van der Waals surface area contributed by atoms with Gasteiger partial charge in [-0.3, -0.25) is 0 Å². The van der Waals surface area contributed by atoms with Crippen LogP contribution in [0.3, 0.4) is 0 Å². The zero-order chi connectivity index (χ0) is 15.3. The first-order chi connectivity index (χ1) is 10.2. The molecular formula is C18H28BrNO. The van der Waals surface area contributed by atoms with Gasteiger partial charge in [0.15, 0.2) is 0 Å². The molecule has 0 heterocycles. The summed E-state index contributed by atoms with van der Waals surface area (Å²) < 4.78 is 7.38. The lowest BCUT2D eigenvalue weighted by Crippen LogP contribution is -2.63. The van der Waals surface area contributed by atoms with Crippen LogP contribution in [0.5, 0.6) is 0 Å². The molecule has 1 aliphatic rings. The third kappa shape index (κ3) is 3.69. The Bertz CT molecular complexity index is 427. The number of benzene rings is 1. The van der Waals surface area contributed by atoms with Crippen LogP contribution in [0.15, 0.2) is 28.7 Å². The fraction of sp³-hybridized carbons (Fsp3) is 0.667. The SMILES string of the molecule is CCCNC1CC(OCc2ccc(Br)cc2)C1(CC)CC. The lowest BCUT2D eigenvalue weighted by Gasteiger charge is -2.55. The number of hydrogen-bond donors (Lipinski definition) is 1. The van der Waals surface area contributed by atoms with Crippen molar-refractivity contribution < 1.29 is 4.74 Å². The minimum atomic E-state index is 0.324. The van der Waals surface area contributed by atoms with Gasteiger partial charge in [-0.1, -0.05) is 48.8 Å². The highest BCUT2D eigenvalue weighted by molar-refractivity contribution is 9.10. The van der Waals surface area contributed by atoms with E-state index < -0.39 is 0 Å². The Morgan fingerprint density at radius 1 is 1.19 bits per heavy atom. The predicted octanol–water partition coefficient (Wildman–Crippen LogP) is 4.91. The molecule has 1 aromatic rings. The van der Waals surface area contributed by atoms with Gasteiger partial charge in [0.25, 0.3) is 0 Å². The largest absolute Gasteiger partial charge is 0.373 e. The molecule has 2 unspecified atom stereocenters. The average Bonchev–Trinajstić information content (AvgIpc) is 2.49. The number of ether oxygens (including phenoxy) is 1. The first kappa shape index (κ1) is 17.0. The number of halogens is 1. The van der Waals surface area contributed by atoms with Gasteiger partial charge in [0, 0.05) is 15.9 Å². The second-order valence-corrected chi connectivity index (χ2v) is 7.02. The molecule has 0 aliphatic heterocycles. The first-order valence-electron chi connectivity index (χ1n) is 8.25. The van der Waals surface area contributed by atoms with Crippen LogP contribution in [0.1, 0.15) is 52.0 Å². The van der Waals surface area contributed by atoms with Crippen molar-refractivity contribution in [2.75, 3.05) is 6.54 Å². The average molecular weight is 354 g/mol. The number of hydrogen-bond acceptors (Lipinski definition) is 2. The van der Waals surface area contributed by atoms with Crippen molar-refractivity contribution >= 4 is 15.9 Å². The third-order valence-corrected chi connectivity index (χ3v) is 5.64. The molecule has 3 heteroatoms. The molecule has 1 saturated carbocycles. The monoisotopic (exact) mass is 353 g/mol. The van der Waals surface area contributed by atoms with Crippen molar-refractivity contribution in [1.82, 2.24) is 5.32 Å². The summed E-state index contributed by atoms with van der Waals surface area (Å²) in [5, 5.41) is 3.71. The molecule has 0 bridgehead atoms. The van der Waals surface area contributed by atoms with Crippen LogP contribution in [0.4, 0.5) is 0 Å². The van der Waals surface area contributed by atoms with Gasteiger partial charge < -0.3 is 10.1 Å². The Hall–Kier alpha value is -0.380. The quantitative estimate of drug-likeness (QED) is 0.716. The molecule has 0 spiro atoms. The van der Waals surface area contributed by atoms with E-state index in [1.165, 1.54) is 24.8 Å². The Kier molecular flexibility index (Phi) is 6.27. The van der Waals surface area contributed by atoms with Crippen molar-refractivity contribution in [1.29, 1.82) is 0 Å². The zero-order valence-electron chi connectivity index (χ0n) is 13.5. The highest BCUT2D eigenvalue weighted by Crippen LogP contribution is 2.49. The molecule has 1 aromatic carbocycles. The van der Waals surface area contributed by atoms with Gasteiger partial charge in [-0.05, 0) is 49.9 Å². The van der Waals surface area contributed by atoms with Crippen LogP contribution >= 0.6 is 15.9 Å². The lowest BCUT2D eigenvalue weighted by molar-refractivity contribution is -0.147. The molecule has 0 radical (unpaired) electrons. The molecule has 0 aromatic heterocycles. The van der Waals surface area contributed by atoms with Crippen molar-refractivity contribution in [3.8, 4) is 0 Å². The molecular weight excluding hydrogens is 326 g/mol. The van der Waals surface area contributed by atoms with Gasteiger partial charge in [-0.2, -0.15) is 0 Å². The molecule has 1 N–H and O–H groups in total. The van der Waals surface area contributed by atoms with E-state index in [-0.39, 0.29) is 0 Å². The van der Waals surface area contributed by atoms with E-state index in [2.05, 4.69) is 66.3 Å². The van der Waals surface area contributed by atoms with Crippen LogP contribution in [0.2, 0.25) is 0 Å². The van der Waals surface area contributed by atoms with Crippen molar-refractivity contribution in [2.45, 2.75) is 65.2 Å². The van der Waals surface area contributed by atoms with Gasteiger partial charge in [-0.25, -0.2) is 0 Å². The predicted molar refractivity (Wildman–Crippen MR) is 92.4 cm³/mol. The zero-order valence-corrected chi connectivity index (χ0v) is 15.1. The van der Waals surface area contributed by atoms with Gasteiger partial charge in [0.1, 0.15) is 0 Å². The normalized spacial score (nSPS) is 23.8. The second-order valence-electron chi connectivity index (χ2n) is 6.11. The Morgan fingerprint density at radius 2 is 1.86 bits per heavy atom. The van der Waals surface area contributed by atoms with E-state index >= 15 is 0 Å². The van der Waals surface area contributed by atoms with E-state index in [0.717, 1.165) is 24.0 Å². The van der Waals surface area contributed by atoms with E-state index in [9.17, 15) is 0 Å². The van der Waals surface area contributed by atoms with Gasteiger partial charge in [0.2, 0.25) is 0 Å². The van der Waals surface area contributed by atoms with E-state index in [0.29, 0.717) is 17.6 Å². The molecule has 0 saturated heterocycles. The fourth-order valence-corrected chi connectivity index (χ4v) is 3.83. The molecule has 0 amide bonds. The third-order valence-electron chi connectivity index (χ3n) is 5.11. The maximum absolute atomic E-state index is 6.26. The summed E-state index contributed by atoms with van der Waals surface area (Å²) in [6.07, 6.45) is 5.12. The minimum absolute atomic E-state index is 0.324. The van der Waals surface area contributed by atoms with Crippen LogP contribution in [0.25, 0.3) is 0 Å². The Labute approximate surface area is 137 Å². The minimum Gasteiger partial charge on any atom is -0.373 e. The summed E-state index contributed by atoms with van der Waals surface area (Å²) in [4.78, 5) is 0. The van der Waals surface area contributed by atoms with Crippen molar-refractivity contribution in [2.24, 2.45) is 5.41 Å². The van der Waals surface area contributed by atoms with E-state index in [1.807, 2.05) is 0 Å². The first-order valence-corrected chi connectivity index (χ1v) is 9.05. The summed E-state index contributed by atoms with van der Waals surface area (Å²) in [7, 11) is 0. The van der Waals surface area contributed by atoms with Crippen LogP contribution in [-0.2, 0) is 11.3 Å². The lowest BCUT2D eigenvalue weighted by atomic mass is 9.58. The van der Waals surface area contributed by atoms with E-state index in [4.69, 9.17) is 4.74 Å². The summed E-state index contributed by atoms with van der Waals surface area (Å²) in [6, 6.07) is 9.06. The highest BCUT2D eigenvalue weighted by atomic mass is 79.9. The second kappa shape index (κ2) is 7.75. The summed E-state index contributed by atoms with van der Waals surface area (Å²) in [5.41, 5.74) is 1.58. The Balaban J connectivity index is 1.92. The maximum atomic E-state index is 6.26. The van der Waals surface area contributed by atoms with Gasteiger partial charge in [-0.15, -0.1) is 0 Å². The number of rotatable bonds is 8. The molecule has 1 fully saturated rings. The topological polar surface area (TPSA) is 21.3 Å². The van der Waals surface area contributed by atoms with E-state index in [1.54, 1.807) is 0 Å². The van der Waals surface area contributed by atoms with Crippen molar-refractivity contribution in [3.05, 3.63) is 34.3 Å². The van der Waals surface area contributed by atoms with Gasteiger partial charge in [0.05, 0.1) is 12.7 Å². The number of nitrogens with one attached hydrogen (secondary N) is 1. The van der Waals surface area contributed by atoms with Crippen LogP contribution in [0, 0.1) is 5.41 Å². The standard InChI is InChI=1S/C18H28BrNO/c1-4-11-20-16-12-17(18(16,5-2)6-3)21-13-14-7-9-15(19)10-8-14/h7-10,16-17,20H,4-6,11-13H2,1-3H3. The van der Waals surface area contributed by atoms with Gasteiger partial charge >= 0.3 is 0 Å². The molecule has 118 valence electrons. The molecule has 2 atom stereocenters. The fourth-order valence-electron chi connectivity index (χ4n) is 3.56. The summed E-state index contributed by atoms with van der Waals surface area (Å²) >= 11 is 3.47. The van der Waals surface area contributed by atoms with Crippen molar-refractivity contribution in [3.63, 3.8) is 0 Å². The highest BCUT2D eigenvalue weighted by Gasteiger charge is 2.52. The molecule has 1 aliphatic carbocycles. The van der Waals surface area contributed by atoms with Crippen LogP contribution in [-0.4, -0.2) is 18.7 Å². The Morgan fingerprint density at radius 3 is 2.43 bits per heavy atom. The smallest absolute Gasteiger partial charge is 0.0720 e. The molecule has 2 rings (SSSR count). The maximum Gasteiger partial charge on any atom is 0.0720 e. The van der Waals surface area contributed by atoms with Crippen LogP contribution < -0.4 is 5.32 Å². The molecule has 21 heavy (non-hydrogen) atoms. The summed E-state index contributed by atoms with van der Waals surface area (Å²) in [6.45, 7) is 8.68. The summed E-state index contributed by atoms with van der Waals surface area (Å²) in [5.74, 6) is 0. The molecule has 2 nitrogen and oxygen atoms in total.